The molecule has 0 saturated heterocycles. The molecule has 1 heterocycles. The first-order valence-electron chi connectivity index (χ1n) is 4.84. The van der Waals surface area contributed by atoms with E-state index in [0.29, 0.717) is 18.1 Å². The Morgan fingerprint density at radius 1 is 1.44 bits per heavy atom. The number of hydrogen-bond acceptors (Lipinski definition) is 3. The van der Waals surface area contributed by atoms with Gasteiger partial charge in [-0.25, -0.2) is 0 Å². The maximum atomic E-state index is 5.76. The fourth-order valence-electron chi connectivity index (χ4n) is 1.49. The van der Waals surface area contributed by atoms with Crippen molar-refractivity contribution < 1.29 is 9.47 Å². The lowest BCUT2D eigenvalue weighted by atomic mass is 10.2. The van der Waals surface area contributed by atoms with Gasteiger partial charge in [0.15, 0.2) is 11.5 Å². The topological polar surface area (TPSA) is 30.5 Å². The van der Waals surface area contributed by atoms with Crippen LogP contribution in [0.25, 0.3) is 0 Å². The first-order chi connectivity index (χ1) is 7.81. The lowest BCUT2D eigenvalue weighted by Gasteiger charge is -2.06. The van der Waals surface area contributed by atoms with E-state index in [-0.39, 0.29) is 6.79 Å². The average molecular weight is 260 g/mol. The lowest BCUT2D eigenvalue weighted by molar-refractivity contribution is 0.173. The van der Waals surface area contributed by atoms with Gasteiger partial charge >= 0.3 is 0 Å². The van der Waals surface area contributed by atoms with E-state index in [4.69, 9.17) is 32.7 Å². The summed E-state index contributed by atoms with van der Waals surface area (Å²) in [4.78, 5) is 0. The Bertz CT molecular complexity index is 407. The molecule has 0 atom stereocenters. The normalized spacial score (nSPS) is 14.2. The highest BCUT2D eigenvalue weighted by Gasteiger charge is 2.16. The molecule has 0 bridgehead atoms. The van der Waals surface area contributed by atoms with Gasteiger partial charge in [-0.15, -0.1) is 0 Å². The number of ether oxygens (including phenoxy) is 2. The highest BCUT2D eigenvalue weighted by Crippen LogP contribution is 2.35. The molecule has 0 radical (unpaired) electrons. The van der Waals surface area contributed by atoms with Crippen LogP contribution in [0.3, 0.4) is 0 Å². The quantitative estimate of drug-likeness (QED) is 0.902. The molecular weight excluding hydrogens is 249 g/mol. The SMILES string of the molecule is ClC=C(Cl)CNCc1cccc2c1OCO2. The number of para-hydroxylation sites is 1. The smallest absolute Gasteiger partial charge is 0.231 e. The Morgan fingerprint density at radius 3 is 3.12 bits per heavy atom. The molecule has 86 valence electrons. The summed E-state index contributed by atoms with van der Waals surface area (Å²) in [6.07, 6.45) is 0. The Morgan fingerprint density at radius 2 is 2.31 bits per heavy atom. The second-order valence-corrected chi connectivity index (χ2v) is 4.01. The Balaban J connectivity index is 1.97. The summed E-state index contributed by atoms with van der Waals surface area (Å²) in [5.74, 6) is 1.60. The standard InChI is InChI=1S/C11H11Cl2NO2/c12-4-9(13)6-14-5-8-2-1-3-10-11(8)16-7-15-10/h1-4,14H,5-7H2. The third kappa shape index (κ3) is 2.61. The van der Waals surface area contributed by atoms with Crippen molar-refractivity contribution in [3.63, 3.8) is 0 Å². The van der Waals surface area contributed by atoms with E-state index in [9.17, 15) is 0 Å². The zero-order valence-corrected chi connectivity index (χ0v) is 10.0. The van der Waals surface area contributed by atoms with Crippen LogP contribution >= 0.6 is 23.2 Å². The Hall–Kier alpha value is -0.900. The molecule has 0 amide bonds. The van der Waals surface area contributed by atoms with Gasteiger partial charge in [0, 0.05) is 29.2 Å². The second-order valence-electron chi connectivity index (χ2n) is 3.31. The van der Waals surface area contributed by atoms with Crippen LogP contribution in [0.1, 0.15) is 5.56 Å². The van der Waals surface area contributed by atoms with E-state index < -0.39 is 0 Å². The molecule has 1 aliphatic rings. The summed E-state index contributed by atoms with van der Waals surface area (Å²) in [6, 6.07) is 5.81. The first-order valence-corrected chi connectivity index (χ1v) is 5.65. The number of hydrogen-bond donors (Lipinski definition) is 1. The molecule has 1 aromatic rings. The van der Waals surface area contributed by atoms with E-state index in [2.05, 4.69) is 5.32 Å². The molecule has 2 rings (SSSR count). The number of halogens is 2. The Labute approximate surface area is 104 Å². The highest BCUT2D eigenvalue weighted by molar-refractivity contribution is 6.36. The van der Waals surface area contributed by atoms with E-state index in [1.165, 1.54) is 5.54 Å². The van der Waals surface area contributed by atoms with E-state index >= 15 is 0 Å². The van der Waals surface area contributed by atoms with Crippen molar-refractivity contribution in [2.24, 2.45) is 0 Å². The zero-order chi connectivity index (χ0) is 11.4. The maximum absolute atomic E-state index is 5.76. The molecule has 0 unspecified atom stereocenters. The van der Waals surface area contributed by atoms with Gasteiger partial charge in [0.2, 0.25) is 6.79 Å². The monoisotopic (exact) mass is 259 g/mol. The molecule has 0 aromatic heterocycles. The fraction of sp³-hybridized carbons (Fsp3) is 0.273. The van der Waals surface area contributed by atoms with Crippen LogP contribution in [-0.4, -0.2) is 13.3 Å². The molecule has 0 aliphatic carbocycles. The van der Waals surface area contributed by atoms with Crippen LogP contribution in [0.5, 0.6) is 11.5 Å². The van der Waals surface area contributed by atoms with Crippen LogP contribution in [-0.2, 0) is 6.54 Å². The van der Waals surface area contributed by atoms with Gasteiger partial charge in [-0.05, 0) is 6.07 Å². The van der Waals surface area contributed by atoms with Gasteiger partial charge in [0.1, 0.15) is 0 Å². The molecule has 3 nitrogen and oxygen atoms in total. The van der Waals surface area contributed by atoms with Crippen molar-refractivity contribution in [2.45, 2.75) is 6.54 Å². The molecule has 16 heavy (non-hydrogen) atoms. The lowest BCUT2D eigenvalue weighted by Crippen LogP contribution is -2.15. The first kappa shape index (κ1) is 11.6. The average Bonchev–Trinajstić information content (AvgIpc) is 2.77. The van der Waals surface area contributed by atoms with Crippen molar-refractivity contribution in [3.05, 3.63) is 34.3 Å². The summed E-state index contributed by atoms with van der Waals surface area (Å²) in [5.41, 5.74) is 2.40. The van der Waals surface area contributed by atoms with Crippen molar-refractivity contribution in [1.82, 2.24) is 5.32 Å². The molecule has 0 spiro atoms. The van der Waals surface area contributed by atoms with Gasteiger partial charge in [-0.2, -0.15) is 0 Å². The van der Waals surface area contributed by atoms with Gasteiger partial charge < -0.3 is 14.8 Å². The largest absolute Gasteiger partial charge is 0.454 e. The van der Waals surface area contributed by atoms with Gasteiger partial charge in [0.25, 0.3) is 0 Å². The predicted molar refractivity (Wildman–Crippen MR) is 64.1 cm³/mol. The molecule has 5 heteroatoms. The minimum atomic E-state index is 0.286. The Kier molecular flexibility index (Phi) is 3.93. The molecule has 0 saturated carbocycles. The number of rotatable bonds is 4. The summed E-state index contributed by atoms with van der Waals surface area (Å²) in [7, 11) is 0. The molecule has 1 aromatic carbocycles. The van der Waals surface area contributed by atoms with Crippen molar-refractivity contribution in [3.8, 4) is 11.5 Å². The van der Waals surface area contributed by atoms with Crippen LogP contribution in [0.15, 0.2) is 28.8 Å². The molecule has 1 N–H and O–H groups in total. The summed E-state index contributed by atoms with van der Waals surface area (Å²) in [5, 5.41) is 3.74. The van der Waals surface area contributed by atoms with Gasteiger partial charge in [0.05, 0.1) is 0 Å². The summed E-state index contributed by atoms with van der Waals surface area (Å²) in [6.45, 7) is 1.48. The van der Waals surface area contributed by atoms with Crippen molar-refractivity contribution in [2.75, 3.05) is 13.3 Å². The minimum absolute atomic E-state index is 0.286. The van der Waals surface area contributed by atoms with Crippen molar-refractivity contribution in [1.29, 1.82) is 0 Å². The van der Waals surface area contributed by atoms with E-state index in [1.807, 2.05) is 18.2 Å². The second kappa shape index (κ2) is 5.43. The van der Waals surface area contributed by atoms with Crippen LogP contribution in [0.2, 0.25) is 0 Å². The number of benzene rings is 1. The molecular formula is C11H11Cl2NO2. The number of nitrogens with one attached hydrogen (secondary N) is 1. The summed E-state index contributed by atoms with van der Waals surface area (Å²) < 4.78 is 10.7. The fourth-order valence-corrected chi connectivity index (χ4v) is 1.66. The predicted octanol–water partition coefficient (Wildman–Crippen LogP) is 2.82. The third-order valence-corrected chi connectivity index (χ3v) is 2.82. The minimum Gasteiger partial charge on any atom is -0.454 e. The number of fused-ring (bicyclic) bond motifs is 1. The molecule has 1 aliphatic heterocycles. The van der Waals surface area contributed by atoms with E-state index in [0.717, 1.165) is 17.1 Å². The zero-order valence-electron chi connectivity index (χ0n) is 8.50. The van der Waals surface area contributed by atoms with Gasteiger partial charge in [-0.1, -0.05) is 35.3 Å². The summed E-state index contributed by atoms with van der Waals surface area (Å²) >= 11 is 11.2. The van der Waals surface area contributed by atoms with Crippen molar-refractivity contribution >= 4 is 23.2 Å². The van der Waals surface area contributed by atoms with Gasteiger partial charge in [-0.3, -0.25) is 0 Å². The highest BCUT2D eigenvalue weighted by atomic mass is 35.5. The third-order valence-electron chi connectivity index (χ3n) is 2.21. The van der Waals surface area contributed by atoms with E-state index in [1.54, 1.807) is 0 Å². The maximum Gasteiger partial charge on any atom is 0.231 e. The van der Waals surface area contributed by atoms with Crippen LogP contribution in [0.4, 0.5) is 0 Å². The van der Waals surface area contributed by atoms with Crippen LogP contribution in [0, 0.1) is 0 Å². The van der Waals surface area contributed by atoms with Crippen LogP contribution < -0.4 is 14.8 Å². The molecule has 0 fully saturated rings.